The Balaban J connectivity index is 1.33. The quantitative estimate of drug-likeness (QED) is 0.0655. The molecule has 0 aliphatic heterocycles. The van der Waals surface area contributed by atoms with E-state index in [0.29, 0.717) is 12.8 Å². The maximum absolute atomic E-state index is 11.9. The van der Waals surface area contributed by atoms with E-state index in [1.165, 1.54) is 0 Å². The summed E-state index contributed by atoms with van der Waals surface area (Å²) in [4.78, 5) is 64.4. The van der Waals surface area contributed by atoms with E-state index in [1.54, 1.807) is 24.3 Å². The van der Waals surface area contributed by atoms with Gasteiger partial charge in [-0.3, -0.25) is 9.78 Å². The normalized spacial score (nSPS) is 10.5. The molecule has 0 unspecified atom stereocenters. The first-order valence-electron chi connectivity index (χ1n) is 14.7. The number of carbonyl (C=O) groups is 4. The predicted molar refractivity (Wildman–Crippen MR) is 156 cm³/mol. The summed E-state index contributed by atoms with van der Waals surface area (Å²) in [5.74, 6) is -1.56. The zero-order chi connectivity index (χ0) is 32.2. The van der Waals surface area contributed by atoms with E-state index in [0.717, 1.165) is 73.6 Å². The molecule has 0 aliphatic rings. The van der Waals surface area contributed by atoms with Crippen LogP contribution in [0.25, 0.3) is 0 Å². The Bertz CT molecular complexity index is 1080. The molecule has 242 valence electrons. The van der Waals surface area contributed by atoms with E-state index in [2.05, 4.69) is 29.6 Å². The number of benzene rings is 2. The van der Waals surface area contributed by atoms with Crippen molar-refractivity contribution in [3.05, 3.63) is 69.8 Å². The average Bonchev–Trinajstić information content (AvgIpc) is 2.96. The van der Waals surface area contributed by atoms with Crippen molar-refractivity contribution in [2.24, 2.45) is 0 Å². The van der Waals surface area contributed by atoms with Gasteiger partial charge in [-0.2, -0.15) is 0 Å². The topological polar surface area (TPSA) is 142 Å². The molecule has 12 nitrogen and oxygen atoms in total. The molecule has 12 heteroatoms. The molecular weight excluding hydrogens is 576 g/mol. The van der Waals surface area contributed by atoms with Gasteiger partial charge in [0.25, 0.3) is 0 Å². The molecule has 0 fully saturated rings. The summed E-state index contributed by atoms with van der Waals surface area (Å²) in [5.41, 5.74) is 4.13. The zero-order valence-corrected chi connectivity index (χ0v) is 25.8. The molecule has 2 aromatic carbocycles. The second-order valence-electron chi connectivity index (χ2n) is 10.5. The van der Waals surface area contributed by atoms with Gasteiger partial charge in [-0.15, -0.1) is 0 Å². The highest BCUT2D eigenvalue weighted by Crippen LogP contribution is 2.13. The number of carbonyl (C=O) groups excluding carboxylic acids is 4. The molecule has 0 saturated heterocycles. The molecule has 0 radical (unpaired) electrons. The average molecular weight is 619 g/mol. The van der Waals surface area contributed by atoms with Crippen LogP contribution in [0.15, 0.2) is 36.4 Å². The first-order chi connectivity index (χ1) is 21.1. The molecule has 0 N–H and O–H groups in total. The highest BCUT2D eigenvalue weighted by atomic mass is 17.5. The van der Waals surface area contributed by atoms with Crippen molar-refractivity contribution >= 4 is 24.2 Å². The fraction of sp³-hybridized carbons (Fsp3) is 0.500. The standard InChI is InChI=1S/C32H42O12/c1-23-17-24(2)20-27(19-23)29(33)39-43-41-31(35)37-15-13-11-9-7-5-6-8-10-12-14-16-38-32(36)42-44-40-30(34)28-21-25(3)18-26(4)22-28/h17-22H,5-16H2,1-4H3. The lowest BCUT2D eigenvalue weighted by molar-refractivity contribution is -0.452. The first-order valence-corrected chi connectivity index (χ1v) is 14.7. The number of ether oxygens (including phenoxy) is 2. The van der Waals surface area contributed by atoms with Crippen LogP contribution in [0.5, 0.6) is 0 Å². The van der Waals surface area contributed by atoms with Crippen LogP contribution in [0, 0.1) is 27.7 Å². The van der Waals surface area contributed by atoms with Crippen molar-refractivity contribution in [2.75, 3.05) is 13.2 Å². The van der Waals surface area contributed by atoms with Gasteiger partial charge in [0.15, 0.2) is 0 Å². The zero-order valence-electron chi connectivity index (χ0n) is 25.8. The molecule has 0 saturated carbocycles. The van der Waals surface area contributed by atoms with E-state index in [9.17, 15) is 19.2 Å². The summed E-state index contributed by atoms with van der Waals surface area (Å²) < 4.78 is 9.77. The fourth-order valence-electron chi connectivity index (χ4n) is 4.41. The van der Waals surface area contributed by atoms with Crippen LogP contribution in [0.3, 0.4) is 0 Å². The molecule has 0 aromatic heterocycles. The lowest BCUT2D eigenvalue weighted by atomic mass is 10.1. The maximum Gasteiger partial charge on any atom is 0.543 e. The van der Waals surface area contributed by atoms with Crippen molar-refractivity contribution in [2.45, 2.75) is 91.9 Å². The molecule has 0 bridgehead atoms. The van der Waals surface area contributed by atoms with Crippen LogP contribution < -0.4 is 0 Å². The third-order valence-electron chi connectivity index (χ3n) is 6.32. The van der Waals surface area contributed by atoms with Gasteiger partial charge in [0.2, 0.25) is 0 Å². The summed E-state index contributed by atoms with van der Waals surface area (Å²) in [6.45, 7) is 7.74. The van der Waals surface area contributed by atoms with Gasteiger partial charge < -0.3 is 9.47 Å². The summed E-state index contributed by atoms with van der Waals surface area (Å²) in [6.07, 6.45) is 7.38. The van der Waals surface area contributed by atoms with Crippen LogP contribution in [-0.4, -0.2) is 37.5 Å². The SMILES string of the molecule is Cc1cc(C)cc(C(=O)OOOC(=O)OCCCCCCCCCCCCOC(=O)OOOC(=O)c2cc(C)cc(C)c2)c1. The highest BCUT2D eigenvalue weighted by molar-refractivity contribution is 5.89. The first kappa shape index (κ1) is 36.0. The van der Waals surface area contributed by atoms with Crippen LogP contribution in [0.2, 0.25) is 0 Å². The summed E-state index contributed by atoms with van der Waals surface area (Å²) in [7, 11) is 0. The molecule has 0 atom stereocenters. The summed E-state index contributed by atoms with van der Waals surface area (Å²) in [5, 5.41) is 8.47. The van der Waals surface area contributed by atoms with Crippen molar-refractivity contribution in [3.8, 4) is 0 Å². The Hall–Kier alpha value is -4.16. The number of hydrogen-bond donors (Lipinski definition) is 0. The minimum Gasteiger partial charge on any atom is -0.432 e. The van der Waals surface area contributed by atoms with E-state index in [-0.39, 0.29) is 24.3 Å². The number of hydrogen-bond acceptors (Lipinski definition) is 12. The van der Waals surface area contributed by atoms with Gasteiger partial charge in [0, 0.05) is 0 Å². The molecule has 0 heterocycles. The lowest BCUT2D eigenvalue weighted by Gasteiger charge is -2.06. The lowest BCUT2D eigenvalue weighted by Crippen LogP contribution is -2.13. The van der Waals surface area contributed by atoms with Gasteiger partial charge in [0.05, 0.1) is 34.4 Å². The third kappa shape index (κ3) is 15.9. The minimum absolute atomic E-state index is 0.174. The Labute approximate surface area is 257 Å². The molecule has 0 spiro atoms. The van der Waals surface area contributed by atoms with Crippen molar-refractivity contribution in [3.63, 3.8) is 0 Å². The molecular formula is C32H42O12. The number of rotatable bonds is 19. The second-order valence-corrected chi connectivity index (χ2v) is 10.5. The van der Waals surface area contributed by atoms with E-state index < -0.39 is 24.2 Å². The second kappa shape index (κ2) is 20.7. The predicted octanol–water partition coefficient (Wildman–Crippen LogP) is 7.83. The third-order valence-corrected chi connectivity index (χ3v) is 6.32. The van der Waals surface area contributed by atoms with Crippen molar-refractivity contribution < 1.29 is 58.3 Å². The van der Waals surface area contributed by atoms with Gasteiger partial charge >= 0.3 is 24.2 Å². The number of unbranched alkanes of at least 4 members (excludes halogenated alkanes) is 9. The molecule has 0 aliphatic carbocycles. The van der Waals surface area contributed by atoms with Crippen molar-refractivity contribution in [1.82, 2.24) is 0 Å². The Morgan fingerprint density at radius 3 is 1.05 bits per heavy atom. The fourth-order valence-corrected chi connectivity index (χ4v) is 4.41. The van der Waals surface area contributed by atoms with E-state index in [1.807, 2.05) is 39.8 Å². The van der Waals surface area contributed by atoms with Crippen LogP contribution in [0.1, 0.15) is 107 Å². The van der Waals surface area contributed by atoms with Gasteiger partial charge in [-0.1, -0.05) is 85.8 Å². The van der Waals surface area contributed by atoms with E-state index >= 15 is 0 Å². The Kier molecular flexibility index (Phi) is 16.9. The van der Waals surface area contributed by atoms with Crippen molar-refractivity contribution in [1.29, 1.82) is 0 Å². The van der Waals surface area contributed by atoms with Gasteiger partial charge in [0.1, 0.15) is 0 Å². The maximum atomic E-state index is 11.9. The molecule has 0 amide bonds. The monoisotopic (exact) mass is 618 g/mol. The van der Waals surface area contributed by atoms with Crippen LogP contribution in [-0.2, 0) is 39.1 Å². The van der Waals surface area contributed by atoms with Crippen LogP contribution >= 0.6 is 0 Å². The van der Waals surface area contributed by atoms with E-state index in [4.69, 9.17) is 9.47 Å². The van der Waals surface area contributed by atoms with Gasteiger partial charge in [-0.25, -0.2) is 29.0 Å². The largest absolute Gasteiger partial charge is 0.543 e. The molecule has 44 heavy (non-hydrogen) atoms. The number of aryl methyl sites for hydroxylation is 4. The minimum atomic E-state index is -1.08. The van der Waals surface area contributed by atoms with Gasteiger partial charge in [-0.05, 0) is 64.8 Å². The Morgan fingerprint density at radius 1 is 0.432 bits per heavy atom. The molecule has 2 rings (SSSR count). The summed E-state index contributed by atoms with van der Waals surface area (Å²) >= 11 is 0. The highest BCUT2D eigenvalue weighted by Gasteiger charge is 2.14. The molecule has 2 aromatic rings. The smallest absolute Gasteiger partial charge is 0.432 e. The van der Waals surface area contributed by atoms with Crippen LogP contribution in [0.4, 0.5) is 9.59 Å². The Morgan fingerprint density at radius 2 is 0.727 bits per heavy atom. The summed E-state index contributed by atoms with van der Waals surface area (Å²) in [6, 6.07) is 10.3.